The minimum Gasteiger partial charge on any atom is -0.481 e. The summed E-state index contributed by atoms with van der Waals surface area (Å²) in [5, 5.41) is 9.04. The predicted molar refractivity (Wildman–Crippen MR) is 106 cm³/mol. The average Bonchev–Trinajstić information content (AvgIpc) is 3.00. The molecular formula is C24H37F3O2. The van der Waals surface area contributed by atoms with Crippen LogP contribution in [0.15, 0.2) is 0 Å². The second kappa shape index (κ2) is 7.15. The molecule has 4 fully saturated rings. The molecule has 5 heteroatoms. The predicted octanol–water partition coefficient (Wildman–Crippen LogP) is 6.73. The molecule has 0 heterocycles. The Kier molecular flexibility index (Phi) is 5.30. The number of fused-ring (bicyclic) bond motifs is 5. The van der Waals surface area contributed by atoms with Gasteiger partial charge in [-0.25, -0.2) is 13.2 Å². The van der Waals surface area contributed by atoms with Crippen LogP contribution < -0.4 is 0 Å². The van der Waals surface area contributed by atoms with Crippen molar-refractivity contribution in [1.82, 2.24) is 0 Å². The Balaban J connectivity index is 1.62. The lowest BCUT2D eigenvalue weighted by molar-refractivity contribution is -0.245. The van der Waals surface area contributed by atoms with Crippen LogP contribution in [0.2, 0.25) is 0 Å². The van der Waals surface area contributed by atoms with Gasteiger partial charge in [-0.3, -0.25) is 4.79 Å². The quantitative estimate of drug-likeness (QED) is 0.554. The van der Waals surface area contributed by atoms with Gasteiger partial charge in [0.05, 0.1) is 0 Å². The molecule has 4 aliphatic rings. The van der Waals surface area contributed by atoms with Crippen LogP contribution in [-0.4, -0.2) is 23.2 Å². The summed E-state index contributed by atoms with van der Waals surface area (Å²) in [7, 11) is 0. The second-order valence-corrected chi connectivity index (χ2v) is 11.3. The summed E-state index contributed by atoms with van der Waals surface area (Å²) in [4.78, 5) is 11.0. The number of halogens is 3. The monoisotopic (exact) mass is 414 g/mol. The molecule has 9 atom stereocenters. The topological polar surface area (TPSA) is 37.3 Å². The van der Waals surface area contributed by atoms with Crippen LogP contribution in [0.1, 0.15) is 85.0 Å². The lowest BCUT2D eigenvalue weighted by Crippen LogP contribution is -2.61. The third kappa shape index (κ3) is 3.15. The Bertz CT molecular complexity index is 652. The summed E-state index contributed by atoms with van der Waals surface area (Å²) >= 11 is 0. The first-order chi connectivity index (χ1) is 13.5. The number of aliphatic carboxylic acids is 1. The van der Waals surface area contributed by atoms with Crippen molar-refractivity contribution in [3.8, 4) is 0 Å². The molecule has 0 spiro atoms. The molecule has 0 aromatic heterocycles. The third-order valence-corrected chi connectivity index (χ3v) is 10.3. The van der Waals surface area contributed by atoms with Crippen molar-refractivity contribution >= 4 is 5.97 Å². The second-order valence-electron chi connectivity index (χ2n) is 11.3. The van der Waals surface area contributed by atoms with E-state index in [0.29, 0.717) is 25.2 Å². The summed E-state index contributed by atoms with van der Waals surface area (Å²) in [5.74, 6) is -3.14. The molecule has 1 N–H and O–H groups in total. The number of carboxylic acids is 1. The molecule has 4 saturated carbocycles. The van der Waals surface area contributed by atoms with Gasteiger partial charge in [-0.2, -0.15) is 0 Å². The van der Waals surface area contributed by atoms with Crippen molar-refractivity contribution in [3.63, 3.8) is 0 Å². The smallest absolute Gasteiger partial charge is 0.303 e. The molecule has 0 aromatic rings. The van der Waals surface area contributed by atoms with Crippen LogP contribution in [-0.2, 0) is 4.79 Å². The molecule has 1 unspecified atom stereocenters. The van der Waals surface area contributed by atoms with E-state index in [1.165, 1.54) is 0 Å². The van der Waals surface area contributed by atoms with Gasteiger partial charge in [-0.15, -0.1) is 0 Å². The Morgan fingerprint density at radius 3 is 2.52 bits per heavy atom. The normalized spacial score (nSPS) is 49.6. The minimum absolute atomic E-state index is 0.00238. The maximum atomic E-state index is 15.9. The molecule has 166 valence electrons. The van der Waals surface area contributed by atoms with Crippen molar-refractivity contribution in [2.75, 3.05) is 0 Å². The van der Waals surface area contributed by atoms with Crippen molar-refractivity contribution in [2.24, 2.45) is 46.3 Å². The molecule has 2 nitrogen and oxygen atoms in total. The third-order valence-electron chi connectivity index (χ3n) is 10.3. The van der Waals surface area contributed by atoms with Gasteiger partial charge < -0.3 is 5.11 Å². The highest BCUT2D eigenvalue weighted by molar-refractivity contribution is 5.66. The molecule has 0 saturated heterocycles. The van der Waals surface area contributed by atoms with E-state index in [1.807, 2.05) is 13.8 Å². The molecular weight excluding hydrogens is 377 g/mol. The van der Waals surface area contributed by atoms with Gasteiger partial charge in [0.2, 0.25) is 0 Å². The van der Waals surface area contributed by atoms with Crippen LogP contribution in [0, 0.1) is 46.3 Å². The first kappa shape index (κ1) is 21.5. The van der Waals surface area contributed by atoms with Crippen molar-refractivity contribution < 1.29 is 23.1 Å². The number of rotatable bonds is 4. The fourth-order valence-corrected chi connectivity index (χ4v) is 8.61. The Morgan fingerprint density at radius 2 is 1.83 bits per heavy atom. The Labute approximate surface area is 173 Å². The highest BCUT2D eigenvalue weighted by Crippen LogP contribution is 2.72. The SMILES string of the molecule is C[C@H](CCC(=O)O)C1CC[C@H]2[C@@H]3CC[C@@H]4C[C@@H](F)CC[C@]4(C)[C@H]3CC(F)(F)[C@]12C. The summed E-state index contributed by atoms with van der Waals surface area (Å²) in [6, 6.07) is 0. The molecule has 4 rings (SSSR count). The van der Waals surface area contributed by atoms with Gasteiger partial charge in [0.1, 0.15) is 6.17 Å². The minimum atomic E-state index is -2.74. The van der Waals surface area contributed by atoms with Crippen molar-refractivity contribution in [3.05, 3.63) is 0 Å². The van der Waals surface area contributed by atoms with Gasteiger partial charge >= 0.3 is 5.97 Å². The number of alkyl halides is 3. The number of hydrogen-bond acceptors (Lipinski definition) is 1. The molecule has 0 aliphatic heterocycles. The van der Waals surface area contributed by atoms with E-state index >= 15 is 8.78 Å². The van der Waals surface area contributed by atoms with E-state index in [0.717, 1.165) is 32.1 Å². The van der Waals surface area contributed by atoms with Gasteiger partial charge in [-0.05, 0) is 92.3 Å². The van der Waals surface area contributed by atoms with E-state index in [4.69, 9.17) is 5.11 Å². The average molecular weight is 415 g/mol. The van der Waals surface area contributed by atoms with E-state index < -0.39 is 23.5 Å². The fraction of sp³-hybridized carbons (Fsp3) is 0.958. The molecule has 0 radical (unpaired) electrons. The van der Waals surface area contributed by atoms with Crippen LogP contribution in [0.25, 0.3) is 0 Å². The number of carboxylic acid groups (broad SMARTS) is 1. The number of hydrogen-bond donors (Lipinski definition) is 1. The van der Waals surface area contributed by atoms with E-state index in [2.05, 4.69) is 6.92 Å². The van der Waals surface area contributed by atoms with Crippen molar-refractivity contribution in [1.29, 1.82) is 0 Å². The molecule has 29 heavy (non-hydrogen) atoms. The van der Waals surface area contributed by atoms with Crippen LogP contribution in [0.4, 0.5) is 13.2 Å². The first-order valence-corrected chi connectivity index (χ1v) is 11.7. The van der Waals surface area contributed by atoms with Crippen LogP contribution >= 0.6 is 0 Å². The fourth-order valence-electron chi connectivity index (χ4n) is 8.61. The zero-order valence-corrected chi connectivity index (χ0v) is 18.1. The van der Waals surface area contributed by atoms with Crippen molar-refractivity contribution in [2.45, 2.75) is 97.1 Å². The number of carbonyl (C=O) groups is 1. The van der Waals surface area contributed by atoms with Crippen LogP contribution in [0.5, 0.6) is 0 Å². The molecule has 4 aliphatic carbocycles. The zero-order valence-electron chi connectivity index (χ0n) is 18.1. The van der Waals surface area contributed by atoms with Gasteiger partial charge in [0.15, 0.2) is 0 Å². The maximum absolute atomic E-state index is 15.9. The van der Waals surface area contributed by atoms with E-state index in [-0.39, 0.29) is 47.8 Å². The van der Waals surface area contributed by atoms with E-state index in [1.54, 1.807) is 0 Å². The molecule has 0 aromatic carbocycles. The Morgan fingerprint density at radius 1 is 1.10 bits per heavy atom. The van der Waals surface area contributed by atoms with Crippen LogP contribution in [0.3, 0.4) is 0 Å². The lowest BCUT2D eigenvalue weighted by Gasteiger charge is -2.63. The van der Waals surface area contributed by atoms with Gasteiger partial charge in [0, 0.05) is 18.3 Å². The molecule has 0 bridgehead atoms. The summed E-state index contributed by atoms with van der Waals surface area (Å²) in [6.07, 6.45) is 5.11. The van der Waals surface area contributed by atoms with Gasteiger partial charge in [-0.1, -0.05) is 20.8 Å². The van der Waals surface area contributed by atoms with Gasteiger partial charge in [0.25, 0.3) is 5.92 Å². The highest BCUT2D eigenvalue weighted by atomic mass is 19.3. The standard InChI is InChI=1S/C24H37F3O2/c1-14(4-9-21(28)29)18-7-8-19-17-6-5-15-12-16(25)10-11-22(15,2)20(17)13-24(26,27)23(18,19)3/h14-20H,4-13H2,1-3H3,(H,28,29)/t14-,15-,16+,17+,18?,19+,20+,22+,23-/m1/s1. The largest absolute Gasteiger partial charge is 0.481 e. The lowest BCUT2D eigenvalue weighted by atomic mass is 9.43. The Hall–Kier alpha value is -0.740. The molecule has 0 amide bonds. The first-order valence-electron chi connectivity index (χ1n) is 11.7. The summed E-state index contributed by atoms with van der Waals surface area (Å²) < 4.78 is 45.9. The summed E-state index contributed by atoms with van der Waals surface area (Å²) in [5.41, 5.74) is -1.18. The zero-order chi connectivity index (χ0) is 21.2. The maximum Gasteiger partial charge on any atom is 0.303 e. The summed E-state index contributed by atoms with van der Waals surface area (Å²) in [6.45, 7) is 5.97. The van der Waals surface area contributed by atoms with E-state index in [9.17, 15) is 9.18 Å². The highest BCUT2D eigenvalue weighted by Gasteiger charge is 2.70.